The molecule has 0 fully saturated rings. The first-order valence-corrected chi connectivity index (χ1v) is 8.99. The van der Waals surface area contributed by atoms with Crippen molar-refractivity contribution < 1.29 is 13.9 Å². The van der Waals surface area contributed by atoms with Crippen molar-refractivity contribution in [2.75, 3.05) is 26.7 Å². The molecule has 0 bridgehead atoms. The van der Waals surface area contributed by atoms with E-state index in [-0.39, 0.29) is 24.3 Å². The van der Waals surface area contributed by atoms with Gasteiger partial charge in [-0.3, -0.25) is 10.1 Å². The first kappa shape index (κ1) is 20.6. The third kappa shape index (κ3) is 5.93. The molecule has 0 spiro atoms. The maximum atomic E-state index is 13.3. The average Bonchev–Trinajstić information content (AvgIpc) is 2.67. The molecular formula is C22H27FN2O2. The summed E-state index contributed by atoms with van der Waals surface area (Å²) in [6.07, 6.45) is 0. The molecule has 2 rings (SSSR count). The van der Waals surface area contributed by atoms with Crippen molar-refractivity contribution in [1.29, 1.82) is 0 Å². The highest BCUT2D eigenvalue weighted by molar-refractivity contribution is 5.78. The molecule has 1 atom stereocenters. The average molecular weight is 370 g/mol. The summed E-state index contributed by atoms with van der Waals surface area (Å²) in [5, 5.41) is 3.31. The molecule has 5 heteroatoms. The molecular weight excluding hydrogens is 343 g/mol. The molecule has 27 heavy (non-hydrogen) atoms. The van der Waals surface area contributed by atoms with E-state index in [4.69, 9.17) is 4.74 Å². The summed E-state index contributed by atoms with van der Waals surface area (Å²) in [4.78, 5) is 14.3. The Bertz CT molecular complexity index is 757. The third-order valence-corrected chi connectivity index (χ3v) is 4.31. The Morgan fingerprint density at radius 1 is 1.15 bits per heavy atom. The molecule has 4 nitrogen and oxygen atoms in total. The molecule has 2 aromatic carbocycles. The van der Waals surface area contributed by atoms with Crippen LogP contribution in [0.3, 0.4) is 0 Å². The van der Waals surface area contributed by atoms with Gasteiger partial charge in [-0.1, -0.05) is 36.4 Å². The van der Waals surface area contributed by atoms with E-state index in [1.165, 1.54) is 12.1 Å². The normalized spacial score (nSPS) is 11.7. The second-order valence-electron chi connectivity index (χ2n) is 6.50. The molecule has 0 aliphatic carbocycles. The van der Waals surface area contributed by atoms with Crippen molar-refractivity contribution in [2.45, 2.75) is 19.9 Å². The first-order valence-electron chi connectivity index (χ1n) is 8.99. The second kappa shape index (κ2) is 9.88. The van der Waals surface area contributed by atoms with Gasteiger partial charge < -0.3 is 9.64 Å². The summed E-state index contributed by atoms with van der Waals surface area (Å²) in [6.45, 7) is 9.07. The van der Waals surface area contributed by atoms with Crippen LogP contribution in [0.4, 0.5) is 4.39 Å². The topological polar surface area (TPSA) is 41.6 Å². The zero-order valence-electron chi connectivity index (χ0n) is 16.2. The van der Waals surface area contributed by atoms with Gasteiger partial charge in [0.25, 0.3) is 0 Å². The molecule has 144 valence electrons. The van der Waals surface area contributed by atoms with Crippen LogP contribution in [0.1, 0.15) is 31.0 Å². The van der Waals surface area contributed by atoms with Crippen LogP contribution in [0, 0.1) is 5.82 Å². The predicted molar refractivity (Wildman–Crippen MR) is 106 cm³/mol. The van der Waals surface area contributed by atoms with Crippen molar-refractivity contribution in [3.63, 3.8) is 0 Å². The SMILES string of the molecule is C=C(C)CN(CC)C(=O)CNC(c1ccc(F)cc1)c1ccc(OC)cc1. The Morgan fingerprint density at radius 3 is 2.19 bits per heavy atom. The lowest BCUT2D eigenvalue weighted by atomic mass is 9.98. The van der Waals surface area contributed by atoms with E-state index in [9.17, 15) is 9.18 Å². The van der Waals surface area contributed by atoms with Crippen LogP contribution in [0.5, 0.6) is 5.75 Å². The second-order valence-corrected chi connectivity index (χ2v) is 6.50. The van der Waals surface area contributed by atoms with E-state index in [1.54, 1.807) is 24.1 Å². The zero-order valence-corrected chi connectivity index (χ0v) is 16.2. The number of benzene rings is 2. The van der Waals surface area contributed by atoms with E-state index in [0.717, 1.165) is 22.4 Å². The first-order chi connectivity index (χ1) is 12.9. The van der Waals surface area contributed by atoms with E-state index in [1.807, 2.05) is 38.1 Å². The van der Waals surface area contributed by atoms with E-state index in [2.05, 4.69) is 11.9 Å². The maximum Gasteiger partial charge on any atom is 0.236 e. The van der Waals surface area contributed by atoms with Crippen LogP contribution in [-0.2, 0) is 4.79 Å². The van der Waals surface area contributed by atoms with Gasteiger partial charge in [-0.15, -0.1) is 0 Å². The maximum absolute atomic E-state index is 13.3. The molecule has 1 N–H and O–H groups in total. The number of carbonyl (C=O) groups is 1. The number of methoxy groups -OCH3 is 1. The summed E-state index contributed by atoms with van der Waals surface area (Å²) < 4.78 is 18.5. The third-order valence-electron chi connectivity index (χ3n) is 4.31. The van der Waals surface area contributed by atoms with Crippen LogP contribution >= 0.6 is 0 Å². The largest absolute Gasteiger partial charge is 0.497 e. The van der Waals surface area contributed by atoms with Gasteiger partial charge in [0, 0.05) is 13.1 Å². The minimum atomic E-state index is -0.290. The fourth-order valence-corrected chi connectivity index (χ4v) is 2.88. The smallest absolute Gasteiger partial charge is 0.236 e. The van der Waals surface area contributed by atoms with Crippen molar-refractivity contribution in [2.24, 2.45) is 0 Å². The molecule has 0 saturated carbocycles. The summed E-state index contributed by atoms with van der Waals surface area (Å²) in [5.74, 6) is 0.467. The van der Waals surface area contributed by atoms with Gasteiger partial charge in [0.2, 0.25) is 5.91 Å². The number of likely N-dealkylation sites (N-methyl/N-ethyl adjacent to an activating group) is 1. The molecule has 0 aliphatic rings. The molecule has 1 amide bonds. The minimum absolute atomic E-state index is 0.00104. The molecule has 0 heterocycles. The van der Waals surface area contributed by atoms with Crippen LogP contribution in [0.2, 0.25) is 0 Å². The molecule has 1 unspecified atom stereocenters. The number of ether oxygens (including phenoxy) is 1. The lowest BCUT2D eigenvalue weighted by molar-refractivity contribution is -0.129. The van der Waals surface area contributed by atoms with Gasteiger partial charge in [0.1, 0.15) is 11.6 Å². The van der Waals surface area contributed by atoms with Crippen LogP contribution < -0.4 is 10.1 Å². The van der Waals surface area contributed by atoms with Crippen molar-refractivity contribution in [3.05, 3.63) is 77.6 Å². The number of rotatable bonds is 9. The van der Waals surface area contributed by atoms with Crippen molar-refractivity contribution in [1.82, 2.24) is 10.2 Å². The Kier molecular flexibility index (Phi) is 7.55. The van der Waals surface area contributed by atoms with Gasteiger partial charge >= 0.3 is 0 Å². The predicted octanol–water partition coefficient (Wildman–Crippen LogP) is 3.94. The molecule has 0 aromatic heterocycles. The lowest BCUT2D eigenvalue weighted by Gasteiger charge is -2.24. The number of halogens is 1. The van der Waals surface area contributed by atoms with Crippen LogP contribution in [0.15, 0.2) is 60.7 Å². The highest BCUT2D eigenvalue weighted by atomic mass is 19.1. The number of amides is 1. The van der Waals surface area contributed by atoms with E-state index in [0.29, 0.717) is 13.1 Å². The number of nitrogens with zero attached hydrogens (tertiary/aromatic N) is 1. The highest BCUT2D eigenvalue weighted by Crippen LogP contribution is 2.24. The molecule has 0 aliphatic heterocycles. The van der Waals surface area contributed by atoms with E-state index < -0.39 is 0 Å². The number of carbonyl (C=O) groups excluding carboxylic acids is 1. The summed E-state index contributed by atoms with van der Waals surface area (Å²) in [7, 11) is 1.62. The fraction of sp³-hybridized carbons (Fsp3) is 0.318. The Labute approximate surface area is 160 Å². The van der Waals surface area contributed by atoms with Gasteiger partial charge in [0.15, 0.2) is 0 Å². The molecule has 0 radical (unpaired) electrons. The van der Waals surface area contributed by atoms with Gasteiger partial charge in [-0.2, -0.15) is 0 Å². The van der Waals surface area contributed by atoms with Crippen LogP contribution in [0.25, 0.3) is 0 Å². The Hall–Kier alpha value is -2.66. The van der Waals surface area contributed by atoms with Gasteiger partial charge in [-0.05, 0) is 49.2 Å². The number of hydrogen-bond donors (Lipinski definition) is 1. The Balaban J connectivity index is 2.20. The zero-order chi connectivity index (χ0) is 19.8. The number of hydrogen-bond acceptors (Lipinski definition) is 3. The van der Waals surface area contributed by atoms with Crippen LogP contribution in [-0.4, -0.2) is 37.6 Å². The summed E-state index contributed by atoms with van der Waals surface area (Å²) in [6, 6.07) is 13.7. The lowest BCUT2D eigenvalue weighted by Crippen LogP contribution is -2.40. The van der Waals surface area contributed by atoms with E-state index >= 15 is 0 Å². The van der Waals surface area contributed by atoms with Gasteiger partial charge in [-0.25, -0.2) is 4.39 Å². The van der Waals surface area contributed by atoms with Crippen molar-refractivity contribution in [3.8, 4) is 5.75 Å². The molecule has 0 saturated heterocycles. The van der Waals surface area contributed by atoms with Gasteiger partial charge in [0.05, 0.1) is 19.7 Å². The standard InChI is InChI=1S/C22H27FN2O2/c1-5-25(15-16(2)3)21(26)14-24-22(17-6-10-19(23)11-7-17)18-8-12-20(27-4)13-9-18/h6-13,22,24H,2,5,14-15H2,1,3-4H3. The Morgan fingerprint density at radius 2 is 1.70 bits per heavy atom. The minimum Gasteiger partial charge on any atom is -0.497 e. The summed E-state index contributed by atoms with van der Waals surface area (Å²) >= 11 is 0. The van der Waals surface area contributed by atoms with Crippen molar-refractivity contribution >= 4 is 5.91 Å². The molecule has 2 aromatic rings. The fourth-order valence-electron chi connectivity index (χ4n) is 2.88. The summed E-state index contributed by atoms with van der Waals surface area (Å²) in [5.41, 5.74) is 2.80. The number of nitrogens with one attached hydrogen (secondary N) is 1. The quantitative estimate of drug-likeness (QED) is 0.680. The highest BCUT2D eigenvalue weighted by Gasteiger charge is 2.18. The monoisotopic (exact) mass is 370 g/mol.